The summed E-state index contributed by atoms with van der Waals surface area (Å²) in [6.07, 6.45) is -3.62. The van der Waals surface area contributed by atoms with Crippen LogP contribution in [0.25, 0.3) is 6.08 Å². The maximum atomic E-state index is 12.8. The van der Waals surface area contributed by atoms with Gasteiger partial charge in [0.2, 0.25) is 0 Å². The molecule has 0 saturated carbocycles. The highest BCUT2D eigenvalue weighted by molar-refractivity contribution is 9.10. The Balaban J connectivity index is 3.54. The molecule has 0 bridgehead atoms. The van der Waals surface area contributed by atoms with Crippen molar-refractivity contribution in [1.82, 2.24) is 0 Å². The minimum atomic E-state index is -4.86. The number of halogens is 4. The quantitative estimate of drug-likeness (QED) is 0.519. The molecule has 0 spiro atoms. The second-order valence-corrected chi connectivity index (χ2v) is 4.08. The van der Waals surface area contributed by atoms with Gasteiger partial charge < -0.3 is 5.11 Å². The van der Waals surface area contributed by atoms with Gasteiger partial charge in [-0.05, 0) is 33.6 Å². The molecule has 102 valence electrons. The molecule has 0 unspecified atom stereocenters. The van der Waals surface area contributed by atoms with Crippen molar-refractivity contribution in [1.29, 1.82) is 0 Å². The zero-order valence-electron chi connectivity index (χ0n) is 8.94. The Hall–Kier alpha value is -1.90. The fourth-order valence-corrected chi connectivity index (χ4v) is 2.04. The van der Waals surface area contributed by atoms with Gasteiger partial charge in [0.15, 0.2) is 0 Å². The van der Waals surface area contributed by atoms with Crippen LogP contribution in [0.5, 0.6) is 0 Å². The second-order valence-electron chi connectivity index (χ2n) is 3.29. The molecule has 1 aromatic rings. The Labute approximate surface area is 112 Å². The van der Waals surface area contributed by atoms with Crippen LogP contribution in [0.3, 0.4) is 0 Å². The maximum Gasteiger partial charge on any atom is 0.418 e. The van der Waals surface area contributed by atoms with Gasteiger partial charge in [-0.25, -0.2) is 4.79 Å². The SMILES string of the molecule is O=C(O)/C=C/c1ccc([N+](=O)[O-])c(Br)c1C(F)(F)F. The van der Waals surface area contributed by atoms with Gasteiger partial charge in [-0.2, -0.15) is 13.2 Å². The van der Waals surface area contributed by atoms with Crippen molar-refractivity contribution in [2.75, 3.05) is 0 Å². The lowest BCUT2D eigenvalue weighted by molar-refractivity contribution is -0.386. The van der Waals surface area contributed by atoms with E-state index in [-0.39, 0.29) is 0 Å². The average molecular weight is 340 g/mol. The summed E-state index contributed by atoms with van der Waals surface area (Å²) in [4.78, 5) is 19.9. The average Bonchev–Trinajstić information content (AvgIpc) is 2.23. The summed E-state index contributed by atoms with van der Waals surface area (Å²) in [6, 6.07) is 1.70. The number of rotatable bonds is 3. The van der Waals surface area contributed by atoms with Gasteiger partial charge in [0.25, 0.3) is 5.69 Å². The number of carboxylic acid groups (broad SMARTS) is 1. The van der Waals surface area contributed by atoms with E-state index in [0.29, 0.717) is 6.08 Å². The molecule has 0 aliphatic rings. The molecule has 1 rings (SSSR count). The van der Waals surface area contributed by atoms with Crippen molar-refractivity contribution >= 4 is 33.7 Å². The molecule has 9 heteroatoms. The lowest BCUT2D eigenvalue weighted by Gasteiger charge is -2.12. The number of nitro benzene ring substituents is 1. The van der Waals surface area contributed by atoms with Crippen LogP contribution in [0, 0.1) is 10.1 Å². The van der Waals surface area contributed by atoms with Gasteiger partial charge in [-0.1, -0.05) is 0 Å². The van der Waals surface area contributed by atoms with Crippen molar-refractivity contribution in [3.63, 3.8) is 0 Å². The van der Waals surface area contributed by atoms with E-state index < -0.39 is 38.4 Å². The molecule has 0 aromatic heterocycles. The van der Waals surface area contributed by atoms with Gasteiger partial charge in [-0.15, -0.1) is 0 Å². The number of nitrogens with zero attached hydrogens (tertiary/aromatic N) is 1. The van der Waals surface area contributed by atoms with Crippen LogP contribution in [0.2, 0.25) is 0 Å². The van der Waals surface area contributed by atoms with Gasteiger partial charge >= 0.3 is 12.1 Å². The third-order valence-corrected chi connectivity index (χ3v) is 2.84. The van der Waals surface area contributed by atoms with Gasteiger partial charge in [-0.3, -0.25) is 10.1 Å². The minimum Gasteiger partial charge on any atom is -0.478 e. The molecule has 0 amide bonds. The molecule has 0 atom stereocenters. The van der Waals surface area contributed by atoms with Crippen LogP contribution in [0.1, 0.15) is 11.1 Å². The monoisotopic (exact) mass is 339 g/mol. The highest BCUT2D eigenvalue weighted by atomic mass is 79.9. The number of hydrogen-bond donors (Lipinski definition) is 1. The van der Waals surface area contributed by atoms with E-state index in [9.17, 15) is 28.1 Å². The molecule has 0 aliphatic heterocycles. The summed E-state index contributed by atoms with van der Waals surface area (Å²) in [5.74, 6) is -1.43. The summed E-state index contributed by atoms with van der Waals surface area (Å²) >= 11 is 2.53. The predicted octanol–water partition coefficient (Wildman–Crippen LogP) is 3.47. The Morgan fingerprint density at radius 1 is 1.42 bits per heavy atom. The fourth-order valence-electron chi connectivity index (χ4n) is 1.31. The first kappa shape index (κ1) is 15.2. The molecule has 1 N–H and O–H groups in total. The predicted molar refractivity (Wildman–Crippen MR) is 62.5 cm³/mol. The lowest BCUT2D eigenvalue weighted by atomic mass is 10.1. The smallest absolute Gasteiger partial charge is 0.418 e. The molecule has 0 aliphatic carbocycles. The summed E-state index contributed by atoms with van der Waals surface area (Å²) in [6.45, 7) is 0. The van der Waals surface area contributed by atoms with Crippen molar-refractivity contribution in [2.45, 2.75) is 6.18 Å². The van der Waals surface area contributed by atoms with Crippen LogP contribution >= 0.6 is 15.9 Å². The Bertz CT molecular complexity index is 569. The van der Waals surface area contributed by atoms with E-state index in [2.05, 4.69) is 15.9 Å². The summed E-state index contributed by atoms with van der Waals surface area (Å²) in [5.41, 5.74) is -2.52. The second kappa shape index (κ2) is 5.39. The topological polar surface area (TPSA) is 80.4 Å². The Kier molecular flexibility index (Phi) is 4.30. The van der Waals surface area contributed by atoms with E-state index in [0.717, 1.165) is 18.2 Å². The molecule has 5 nitrogen and oxygen atoms in total. The van der Waals surface area contributed by atoms with Crippen molar-refractivity contribution in [2.24, 2.45) is 0 Å². The van der Waals surface area contributed by atoms with Crippen molar-refractivity contribution < 1.29 is 28.0 Å². The number of benzene rings is 1. The van der Waals surface area contributed by atoms with Gasteiger partial charge in [0.1, 0.15) is 4.47 Å². The summed E-state index contributed by atoms with van der Waals surface area (Å²) < 4.78 is 37.8. The number of carbonyl (C=O) groups is 1. The van der Waals surface area contributed by atoms with Gasteiger partial charge in [0.05, 0.1) is 10.5 Å². The maximum absolute atomic E-state index is 12.8. The van der Waals surface area contributed by atoms with Crippen LogP contribution < -0.4 is 0 Å². The van der Waals surface area contributed by atoms with Crippen molar-refractivity contribution in [3.8, 4) is 0 Å². The fraction of sp³-hybridized carbons (Fsp3) is 0.100. The zero-order valence-corrected chi connectivity index (χ0v) is 10.5. The minimum absolute atomic E-state index is 0.479. The third-order valence-electron chi connectivity index (χ3n) is 2.04. The van der Waals surface area contributed by atoms with Gasteiger partial charge in [0, 0.05) is 12.1 Å². The molecule has 0 heterocycles. The molecular formula is C10H5BrF3NO4. The first-order valence-corrected chi connectivity index (χ1v) is 5.39. The van der Waals surface area contributed by atoms with E-state index in [4.69, 9.17) is 5.11 Å². The summed E-state index contributed by atoms with van der Waals surface area (Å²) in [7, 11) is 0. The summed E-state index contributed by atoms with van der Waals surface area (Å²) in [5, 5.41) is 19.0. The Morgan fingerprint density at radius 2 is 2.00 bits per heavy atom. The van der Waals surface area contributed by atoms with E-state index >= 15 is 0 Å². The first-order valence-electron chi connectivity index (χ1n) is 4.59. The standard InChI is InChI=1S/C10H5BrF3NO4/c11-9-6(15(18)19)3-1-5(2-4-7(16)17)8(9)10(12,13)14/h1-4H,(H,16,17)/b4-2+. The van der Waals surface area contributed by atoms with E-state index in [1.807, 2.05) is 0 Å². The first-order chi connectivity index (χ1) is 8.64. The number of alkyl halides is 3. The highest BCUT2D eigenvalue weighted by Gasteiger charge is 2.38. The lowest BCUT2D eigenvalue weighted by Crippen LogP contribution is -2.10. The van der Waals surface area contributed by atoms with Crippen LogP contribution in [0.15, 0.2) is 22.7 Å². The highest BCUT2D eigenvalue weighted by Crippen LogP contribution is 2.42. The molecule has 19 heavy (non-hydrogen) atoms. The van der Waals surface area contributed by atoms with E-state index in [1.54, 1.807) is 0 Å². The number of carboxylic acids is 1. The van der Waals surface area contributed by atoms with Crippen LogP contribution in [-0.2, 0) is 11.0 Å². The molecule has 0 saturated heterocycles. The molecule has 1 aromatic carbocycles. The van der Waals surface area contributed by atoms with Crippen molar-refractivity contribution in [3.05, 3.63) is 43.9 Å². The number of nitro groups is 1. The third kappa shape index (κ3) is 3.53. The van der Waals surface area contributed by atoms with Crippen LogP contribution in [-0.4, -0.2) is 16.0 Å². The normalized spacial score (nSPS) is 11.8. The molecular weight excluding hydrogens is 335 g/mol. The van der Waals surface area contributed by atoms with E-state index in [1.165, 1.54) is 0 Å². The van der Waals surface area contributed by atoms with Crippen LogP contribution in [0.4, 0.5) is 18.9 Å². The zero-order chi connectivity index (χ0) is 14.8. The largest absolute Gasteiger partial charge is 0.478 e. The number of hydrogen-bond acceptors (Lipinski definition) is 3. The Morgan fingerprint density at radius 3 is 2.42 bits per heavy atom. The number of aliphatic carboxylic acids is 1. The molecule has 0 fully saturated rings. The molecule has 0 radical (unpaired) electrons.